The van der Waals surface area contributed by atoms with Crippen LogP contribution in [-0.4, -0.2) is 34.9 Å². The van der Waals surface area contributed by atoms with E-state index in [9.17, 15) is 14.7 Å². The Kier molecular flexibility index (Phi) is 3.59. The van der Waals surface area contributed by atoms with Gasteiger partial charge in [0.15, 0.2) is 0 Å². The SMILES string of the molecule is CC(=O)O[C@]1(C)C[C@@H]2OC(=O)C(C)=C2C[C@H]2[C@@H](C)[C@@H](O)C[C@H]21. The molecule has 0 aromatic rings. The quantitative estimate of drug-likeness (QED) is 0.750. The number of rotatable bonds is 1. The number of aliphatic hydroxyl groups excluding tert-OH is 1. The summed E-state index contributed by atoms with van der Waals surface area (Å²) < 4.78 is 11.2. The summed E-state index contributed by atoms with van der Waals surface area (Å²) >= 11 is 0. The number of hydrogen-bond acceptors (Lipinski definition) is 5. The predicted molar refractivity (Wildman–Crippen MR) is 78.8 cm³/mol. The summed E-state index contributed by atoms with van der Waals surface area (Å²) in [6, 6.07) is 0. The molecule has 1 aliphatic heterocycles. The van der Waals surface area contributed by atoms with E-state index in [2.05, 4.69) is 0 Å². The normalized spacial score (nSPS) is 44.2. The summed E-state index contributed by atoms with van der Waals surface area (Å²) in [4.78, 5) is 23.5. The molecule has 0 saturated heterocycles. The Labute approximate surface area is 130 Å². The van der Waals surface area contributed by atoms with E-state index in [0.717, 1.165) is 12.0 Å². The van der Waals surface area contributed by atoms with Crippen molar-refractivity contribution in [3.05, 3.63) is 11.1 Å². The minimum absolute atomic E-state index is 0.0889. The van der Waals surface area contributed by atoms with Gasteiger partial charge in [0.1, 0.15) is 11.7 Å². The molecule has 6 atom stereocenters. The number of carbonyl (C=O) groups is 2. The number of fused-ring (bicyclic) bond motifs is 2. The Balaban J connectivity index is 2.02. The Morgan fingerprint density at radius 3 is 2.77 bits per heavy atom. The highest BCUT2D eigenvalue weighted by atomic mass is 16.6. The van der Waals surface area contributed by atoms with Crippen LogP contribution in [0, 0.1) is 17.8 Å². The third-order valence-corrected chi connectivity index (χ3v) is 5.93. The fourth-order valence-electron chi connectivity index (χ4n) is 4.66. The summed E-state index contributed by atoms with van der Waals surface area (Å²) in [5.74, 6) is -0.192. The minimum atomic E-state index is -0.709. The van der Waals surface area contributed by atoms with Gasteiger partial charge in [-0.2, -0.15) is 0 Å². The van der Waals surface area contributed by atoms with Crippen LogP contribution in [0.5, 0.6) is 0 Å². The number of aliphatic hydroxyl groups is 1. The first-order chi connectivity index (χ1) is 10.2. The van der Waals surface area contributed by atoms with Crippen LogP contribution in [0.2, 0.25) is 0 Å². The van der Waals surface area contributed by atoms with Gasteiger partial charge in [0.05, 0.1) is 6.10 Å². The van der Waals surface area contributed by atoms with Gasteiger partial charge < -0.3 is 14.6 Å². The van der Waals surface area contributed by atoms with E-state index >= 15 is 0 Å². The molecule has 0 amide bonds. The number of esters is 2. The number of carbonyl (C=O) groups excluding carboxylic acids is 2. The van der Waals surface area contributed by atoms with Gasteiger partial charge in [-0.05, 0) is 44.1 Å². The van der Waals surface area contributed by atoms with Gasteiger partial charge in [0, 0.05) is 24.8 Å². The Hall–Kier alpha value is -1.36. The van der Waals surface area contributed by atoms with Crippen LogP contribution in [0.3, 0.4) is 0 Å². The van der Waals surface area contributed by atoms with Gasteiger partial charge in [0.2, 0.25) is 0 Å². The van der Waals surface area contributed by atoms with Gasteiger partial charge in [-0.15, -0.1) is 0 Å². The zero-order chi connectivity index (χ0) is 16.2. The summed E-state index contributed by atoms with van der Waals surface area (Å²) in [6.07, 6.45) is 1.16. The molecule has 2 saturated carbocycles. The summed E-state index contributed by atoms with van der Waals surface area (Å²) in [5.41, 5.74) is 1.00. The Bertz CT molecular complexity index is 551. The zero-order valence-corrected chi connectivity index (χ0v) is 13.6. The second-order valence-electron chi connectivity index (χ2n) is 7.29. The van der Waals surface area contributed by atoms with Crippen molar-refractivity contribution in [3.8, 4) is 0 Å². The lowest BCUT2D eigenvalue weighted by molar-refractivity contribution is -0.167. The molecule has 3 rings (SSSR count). The van der Waals surface area contributed by atoms with Gasteiger partial charge in [-0.25, -0.2) is 4.79 Å². The van der Waals surface area contributed by atoms with Crippen LogP contribution < -0.4 is 0 Å². The molecule has 5 nitrogen and oxygen atoms in total. The fraction of sp³-hybridized carbons (Fsp3) is 0.765. The first-order valence-electron chi connectivity index (χ1n) is 8.01. The zero-order valence-electron chi connectivity index (χ0n) is 13.6. The van der Waals surface area contributed by atoms with Crippen molar-refractivity contribution >= 4 is 11.9 Å². The largest absolute Gasteiger partial charge is 0.459 e. The maximum atomic E-state index is 11.9. The molecule has 0 aromatic heterocycles. The van der Waals surface area contributed by atoms with E-state index in [1.165, 1.54) is 6.92 Å². The molecule has 2 fully saturated rings. The topological polar surface area (TPSA) is 72.8 Å². The molecule has 2 aliphatic carbocycles. The minimum Gasteiger partial charge on any atom is -0.459 e. The second kappa shape index (κ2) is 5.08. The van der Waals surface area contributed by atoms with E-state index < -0.39 is 5.60 Å². The molecule has 0 radical (unpaired) electrons. The van der Waals surface area contributed by atoms with Gasteiger partial charge >= 0.3 is 11.9 Å². The molecular weight excluding hydrogens is 284 g/mol. The van der Waals surface area contributed by atoms with Crippen molar-refractivity contribution in [2.24, 2.45) is 17.8 Å². The smallest absolute Gasteiger partial charge is 0.334 e. The summed E-state index contributed by atoms with van der Waals surface area (Å²) in [5, 5.41) is 10.3. The van der Waals surface area contributed by atoms with Crippen LogP contribution >= 0.6 is 0 Å². The molecule has 3 aliphatic rings. The predicted octanol–water partition coefficient (Wildman–Crippen LogP) is 1.98. The summed E-state index contributed by atoms with van der Waals surface area (Å²) in [7, 11) is 0. The third-order valence-electron chi connectivity index (χ3n) is 5.93. The van der Waals surface area contributed by atoms with Crippen LogP contribution in [0.1, 0.15) is 47.0 Å². The Morgan fingerprint density at radius 1 is 1.45 bits per heavy atom. The lowest BCUT2D eigenvalue weighted by Crippen LogP contribution is -2.42. The van der Waals surface area contributed by atoms with E-state index in [0.29, 0.717) is 18.4 Å². The molecule has 0 bridgehead atoms. The van der Waals surface area contributed by atoms with Crippen molar-refractivity contribution in [1.82, 2.24) is 0 Å². The highest BCUT2D eigenvalue weighted by Crippen LogP contribution is 2.53. The van der Waals surface area contributed by atoms with Crippen molar-refractivity contribution < 1.29 is 24.2 Å². The van der Waals surface area contributed by atoms with Crippen molar-refractivity contribution in [3.63, 3.8) is 0 Å². The molecule has 0 unspecified atom stereocenters. The molecule has 0 aromatic carbocycles. The molecule has 0 spiro atoms. The van der Waals surface area contributed by atoms with Crippen molar-refractivity contribution in [2.45, 2.75) is 64.8 Å². The van der Waals surface area contributed by atoms with E-state index in [-0.39, 0.29) is 41.9 Å². The van der Waals surface area contributed by atoms with Crippen LogP contribution in [0.4, 0.5) is 0 Å². The lowest BCUT2D eigenvalue weighted by Gasteiger charge is -2.37. The first kappa shape index (κ1) is 15.5. The molecule has 122 valence electrons. The van der Waals surface area contributed by atoms with Crippen LogP contribution in [0.25, 0.3) is 0 Å². The average molecular weight is 308 g/mol. The summed E-state index contributed by atoms with van der Waals surface area (Å²) in [6.45, 7) is 7.17. The molecule has 1 heterocycles. The molecule has 1 N–H and O–H groups in total. The van der Waals surface area contributed by atoms with Crippen LogP contribution in [0.15, 0.2) is 11.1 Å². The van der Waals surface area contributed by atoms with Crippen molar-refractivity contribution in [2.75, 3.05) is 0 Å². The van der Waals surface area contributed by atoms with E-state index in [1.54, 1.807) is 6.92 Å². The maximum absolute atomic E-state index is 11.9. The van der Waals surface area contributed by atoms with Crippen LogP contribution in [-0.2, 0) is 19.1 Å². The third kappa shape index (κ3) is 2.26. The maximum Gasteiger partial charge on any atom is 0.334 e. The molecule has 5 heteroatoms. The number of hydrogen-bond donors (Lipinski definition) is 1. The highest BCUT2D eigenvalue weighted by molar-refractivity contribution is 5.91. The van der Waals surface area contributed by atoms with Crippen molar-refractivity contribution in [1.29, 1.82) is 0 Å². The standard InChI is InChI=1S/C17H24O5/c1-8-11-5-12-9(2)16(20)21-15(12)7-17(4,22-10(3)18)13(11)6-14(8)19/h8,11,13-15,19H,5-7H2,1-4H3/t8-,11+,13-,14+,15+,17-/m1/s1. The highest BCUT2D eigenvalue weighted by Gasteiger charge is 2.55. The second-order valence-corrected chi connectivity index (χ2v) is 7.29. The monoisotopic (exact) mass is 308 g/mol. The van der Waals surface area contributed by atoms with Gasteiger partial charge in [0.25, 0.3) is 0 Å². The first-order valence-corrected chi connectivity index (χ1v) is 8.01. The number of ether oxygens (including phenoxy) is 2. The fourth-order valence-corrected chi connectivity index (χ4v) is 4.66. The molecular formula is C17H24O5. The van der Waals surface area contributed by atoms with E-state index in [4.69, 9.17) is 9.47 Å². The average Bonchev–Trinajstić information content (AvgIpc) is 2.78. The Morgan fingerprint density at radius 2 is 2.14 bits per heavy atom. The lowest BCUT2D eigenvalue weighted by atomic mass is 9.77. The van der Waals surface area contributed by atoms with Gasteiger partial charge in [-0.3, -0.25) is 4.79 Å². The van der Waals surface area contributed by atoms with E-state index in [1.807, 2.05) is 13.8 Å². The molecule has 22 heavy (non-hydrogen) atoms. The van der Waals surface area contributed by atoms with Gasteiger partial charge in [-0.1, -0.05) is 6.92 Å².